The Balaban J connectivity index is 2.05. The molecule has 1 spiro atoms. The molecule has 3 nitrogen and oxygen atoms in total. The Kier molecular flexibility index (Phi) is 2.34. The topological polar surface area (TPSA) is 38.7 Å². The van der Waals surface area contributed by atoms with Crippen molar-refractivity contribution in [3.05, 3.63) is 0 Å². The lowest BCUT2D eigenvalue weighted by Gasteiger charge is -2.24. The number of hydrogen-bond donors (Lipinski definition) is 1. The Labute approximate surface area is 79.0 Å². The zero-order valence-electron chi connectivity index (χ0n) is 8.32. The fraction of sp³-hybridized carbons (Fsp3) is 1.00. The zero-order valence-corrected chi connectivity index (χ0v) is 8.32. The first-order chi connectivity index (χ1) is 6.13. The van der Waals surface area contributed by atoms with Crippen LogP contribution in [0.1, 0.15) is 33.1 Å². The minimum atomic E-state index is -0.436. The number of aliphatic hydroxyl groups is 1. The molecule has 13 heavy (non-hydrogen) atoms. The summed E-state index contributed by atoms with van der Waals surface area (Å²) in [6, 6.07) is 0. The second-order valence-corrected chi connectivity index (χ2v) is 4.46. The van der Waals surface area contributed by atoms with Crippen LogP contribution in [-0.4, -0.2) is 29.7 Å². The van der Waals surface area contributed by atoms with E-state index in [2.05, 4.69) is 13.8 Å². The highest BCUT2D eigenvalue weighted by Gasteiger charge is 2.49. The second kappa shape index (κ2) is 3.23. The van der Waals surface area contributed by atoms with E-state index in [1.165, 1.54) is 0 Å². The van der Waals surface area contributed by atoms with Crippen LogP contribution in [0, 0.1) is 5.92 Å². The predicted molar refractivity (Wildman–Crippen MR) is 48.3 cm³/mol. The Bertz CT molecular complexity index is 185. The van der Waals surface area contributed by atoms with Crippen LogP contribution in [0.4, 0.5) is 0 Å². The van der Waals surface area contributed by atoms with Crippen LogP contribution < -0.4 is 0 Å². The molecule has 0 radical (unpaired) electrons. The van der Waals surface area contributed by atoms with Gasteiger partial charge in [0.15, 0.2) is 5.79 Å². The smallest absolute Gasteiger partial charge is 0.171 e. The molecule has 76 valence electrons. The van der Waals surface area contributed by atoms with E-state index in [9.17, 15) is 5.11 Å². The summed E-state index contributed by atoms with van der Waals surface area (Å²) in [7, 11) is 0. The molecule has 3 atom stereocenters. The molecule has 2 fully saturated rings. The zero-order chi connectivity index (χ0) is 9.47. The third kappa shape index (κ3) is 1.60. The molecule has 0 aliphatic carbocycles. The van der Waals surface area contributed by atoms with Gasteiger partial charge in [0.2, 0.25) is 0 Å². The predicted octanol–water partition coefficient (Wildman–Crippen LogP) is 1.30. The molecular formula is C10H18O3. The van der Waals surface area contributed by atoms with Crippen molar-refractivity contribution in [1.29, 1.82) is 0 Å². The van der Waals surface area contributed by atoms with Crippen LogP contribution in [0.25, 0.3) is 0 Å². The summed E-state index contributed by atoms with van der Waals surface area (Å²) in [6.45, 7) is 4.92. The van der Waals surface area contributed by atoms with E-state index in [1.807, 2.05) is 0 Å². The van der Waals surface area contributed by atoms with Crippen molar-refractivity contribution in [3.63, 3.8) is 0 Å². The van der Waals surface area contributed by atoms with Crippen molar-refractivity contribution in [2.24, 2.45) is 5.92 Å². The number of hydrogen-bond acceptors (Lipinski definition) is 3. The van der Waals surface area contributed by atoms with Crippen LogP contribution in [0.3, 0.4) is 0 Å². The van der Waals surface area contributed by atoms with E-state index < -0.39 is 5.79 Å². The molecule has 0 aromatic heterocycles. The molecule has 2 rings (SSSR count). The lowest BCUT2D eigenvalue weighted by molar-refractivity contribution is -0.205. The first-order valence-corrected chi connectivity index (χ1v) is 5.13. The molecule has 0 saturated carbocycles. The second-order valence-electron chi connectivity index (χ2n) is 4.46. The molecule has 0 bridgehead atoms. The molecule has 0 amide bonds. The van der Waals surface area contributed by atoms with Crippen molar-refractivity contribution < 1.29 is 14.6 Å². The Morgan fingerprint density at radius 3 is 2.69 bits per heavy atom. The molecule has 0 aromatic carbocycles. The van der Waals surface area contributed by atoms with E-state index in [0.29, 0.717) is 12.3 Å². The van der Waals surface area contributed by atoms with E-state index in [0.717, 1.165) is 19.4 Å². The Morgan fingerprint density at radius 1 is 1.46 bits per heavy atom. The van der Waals surface area contributed by atoms with E-state index in [4.69, 9.17) is 9.47 Å². The number of aliphatic hydroxyl groups excluding tert-OH is 1. The lowest BCUT2D eigenvalue weighted by atomic mass is 10.00. The Morgan fingerprint density at radius 2 is 2.23 bits per heavy atom. The highest BCUT2D eigenvalue weighted by molar-refractivity contribution is 4.91. The van der Waals surface area contributed by atoms with Crippen molar-refractivity contribution in [2.45, 2.75) is 51.1 Å². The molecule has 3 unspecified atom stereocenters. The molecule has 3 heteroatoms. The fourth-order valence-corrected chi connectivity index (χ4v) is 2.32. The quantitative estimate of drug-likeness (QED) is 0.671. The molecule has 2 aliphatic rings. The van der Waals surface area contributed by atoms with Gasteiger partial charge in [0.1, 0.15) is 0 Å². The Hall–Kier alpha value is -0.120. The largest absolute Gasteiger partial charge is 0.390 e. The van der Waals surface area contributed by atoms with Crippen molar-refractivity contribution in [1.82, 2.24) is 0 Å². The van der Waals surface area contributed by atoms with Crippen molar-refractivity contribution in [2.75, 3.05) is 6.61 Å². The van der Waals surface area contributed by atoms with Gasteiger partial charge in [-0.05, 0) is 12.3 Å². The third-order valence-electron chi connectivity index (χ3n) is 2.97. The summed E-state index contributed by atoms with van der Waals surface area (Å²) in [6.07, 6.45) is 2.25. The average molecular weight is 186 g/mol. The van der Waals surface area contributed by atoms with Crippen LogP contribution in [0.15, 0.2) is 0 Å². The van der Waals surface area contributed by atoms with Crippen LogP contribution in [-0.2, 0) is 9.47 Å². The highest BCUT2D eigenvalue weighted by Crippen LogP contribution is 2.41. The average Bonchev–Trinajstić information content (AvgIpc) is 2.60. The van der Waals surface area contributed by atoms with Gasteiger partial charge < -0.3 is 14.6 Å². The summed E-state index contributed by atoms with van der Waals surface area (Å²) in [5, 5.41) is 9.78. The van der Waals surface area contributed by atoms with Gasteiger partial charge in [-0.3, -0.25) is 0 Å². The molecule has 2 heterocycles. The van der Waals surface area contributed by atoms with Gasteiger partial charge in [0, 0.05) is 12.8 Å². The third-order valence-corrected chi connectivity index (χ3v) is 2.97. The van der Waals surface area contributed by atoms with Crippen LogP contribution in [0.2, 0.25) is 0 Å². The van der Waals surface area contributed by atoms with Crippen LogP contribution in [0.5, 0.6) is 0 Å². The SMILES string of the molecule is CC(C)C1OC2(CCCO2)CC1O. The van der Waals surface area contributed by atoms with Crippen molar-refractivity contribution >= 4 is 0 Å². The van der Waals surface area contributed by atoms with Gasteiger partial charge in [0.25, 0.3) is 0 Å². The van der Waals surface area contributed by atoms with E-state index in [1.54, 1.807) is 0 Å². The maximum absolute atomic E-state index is 9.78. The van der Waals surface area contributed by atoms with Crippen LogP contribution >= 0.6 is 0 Å². The molecule has 0 aromatic rings. The summed E-state index contributed by atoms with van der Waals surface area (Å²) >= 11 is 0. The van der Waals surface area contributed by atoms with Gasteiger partial charge >= 0.3 is 0 Å². The first kappa shape index (κ1) is 9.44. The minimum absolute atomic E-state index is 0.0434. The normalized spacial score (nSPS) is 45.2. The minimum Gasteiger partial charge on any atom is -0.390 e. The maximum Gasteiger partial charge on any atom is 0.171 e. The fourth-order valence-electron chi connectivity index (χ4n) is 2.32. The standard InChI is InChI=1S/C10H18O3/c1-7(2)9-8(11)6-10(13-9)4-3-5-12-10/h7-9,11H,3-6H2,1-2H3. The summed E-state index contributed by atoms with van der Waals surface area (Å²) in [5.41, 5.74) is 0. The monoisotopic (exact) mass is 186 g/mol. The van der Waals surface area contributed by atoms with Gasteiger partial charge in [-0.15, -0.1) is 0 Å². The molecular weight excluding hydrogens is 168 g/mol. The van der Waals surface area contributed by atoms with Gasteiger partial charge in [0.05, 0.1) is 18.8 Å². The molecule has 2 aliphatic heterocycles. The number of rotatable bonds is 1. The number of ether oxygens (including phenoxy) is 2. The highest BCUT2D eigenvalue weighted by atomic mass is 16.7. The lowest BCUT2D eigenvalue weighted by Crippen LogP contribution is -2.29. The van der Waals surface area contributed by atoms with Gasteiger partial charge in [-0.25, -0.2) is 0 Å². The summed E-state index contributed by atoms with van der Waals surface area (Å²) in [4.78, 5) is 0. The molecule has 2 saturated heterocycles. The summed E-state index contributed by atoms with van der Waals surface area (Å²) < 4.78 is 11.4. The van der Waals surface area contributed by atoms with Gasteiger partial charge in [-0.2, -0.15) is 0 Å². The molecule has 1 N–H and O–H groups in total. The van der Waals surface area contributed by atoms with Gasteiger partial charge in [-0.1, -0.05) is 13.8 Å². The summed E-state index contributed by atoms with van der Waals surface area (Å²) in [5.74, 6) is -0.0764. The van der Waals surface area contributed by atoms with E-state index in [-0.39, 0.29) is 12.2 Å². The van der Waals surface area contributed by atoms with Crippen molar-refractivity contribution in [3.8, 4) is 0 Å². The first-order valence-electron chi connectivity index (χ1n) is 5.13. The maximum atomic E-state index is 9.78. The van der Waals surface area contributed by atoms with E-state index >= 15 is 0 Å².